The molecule has 2 rings (SSSR count). The van der Waals surface area contributed by atoms with Gasteiger partial charge in [0.2, 0.25) is 5.95 Å². The molecule has 2 heterocycles. The first-order chi connectivity index (χ1) is 8.93. The zero-order valence-electron chi connectivity index (χ0n) is 9.59. The van der Waals surface area contributed by atoms with E-state index in [0.29, 0.717) is 0 Å². The second kappa shape index (κ2) is 4.33. The number of fused-ring (bicyclic) bond motifs is 1. The zero-order chi connectivity index (χ0) is 14.2. The molecule has 2 aromatic rings. The molecule has 0 aliphatic rings. The lowest BCUT2D eigenvalue weighted by molar-refractivity contribution is -0.111. The Balaban J connectivity index is 2.87. The summed E-state index contributed by atoms with van der Waals surface area (Å²) >= 11 is 0. The molecule has 0 spiro atoms. The Bertz CT molecular complexity index is 818. The van der Waals surface area contributed by atoms with Crippen LogP contribution in [0.4, 0.5) is 5.95 Å². The fourth-order valence-corrected chi connectivity index (χ4v) is 1.45. The highest BCUT2D eigenvalue weighted by Crippen LogP contribution is 2.01. The molecule has 98 valence electrons. The van der Waals surface area contributed by atoms with Crippen molar-refractivity contribution in [1.82, 2.24) is 19.9 Å². The molecule has 0 amide bonds. The number of nitrogens with one attached hydrogen (secondary N) is 2. The van der Waals surface area contributed by atoms with Crippen LogP contribution in [0.2, 0.25) is 0 Å². The van der Waals surface area contributed by atoms with Crippen molar-refractivity contribution in [3.05, 3.63) is 26.4 Å². The van der Waals surface area contributed by atoms with E-state index >= 15 is 0 Å². The summed E-state index contributed by atoms with van der Waals surface area (Å²) in [6.45, 7) is 1.09. The molecule has 0 saturated heterocycles. The van der Waals surface area contributed by atoms with Gasteiger partial charge in [-0.05, 0) is 0 Å². The maximum atomic E-state index is 11.7. The van der Waals surface area contributed by atoms with Gasteiger partial charge in [-0.15, -0.1) is 0 Å². The molecule has 2 aromatic heterocycles. The average molecular weight is 264 g/mol. The summed E-state index contributed by atoms with van der Waals surface area (Å²) in [5.74, 6) is -0.870. The van der Waals surface area contributed by atoms with Gasteiger partial charge in [0.1, 0.15) is 0 Å². The molecule has 5 N–H and O–H groups in total. The number of oxime groups is 1. The minimum Gasteiger partial charge on any atom is -0.410 e. The number of aromatic amines is 2. The number of Topliss-reactive ketones (excluding diaryl/α,β-unsaturated/α-hetero) is 1. The van der Waals surface area contributed by atoms with E-state index in [-0.39, 0.29) is 17.1 Å². The minimum absolute atomic E-state index is 0.129. The molecule has 10 heteroatoms. The maximum Gasteiger partial charge on any atom is 0.280 e. The Hall–Kier alpha value is -3.04. The van der Waals surface area contributed by atoms with Gasteiger partial charge in [-0.3, -0.25) is 19.4 Å². The van der Waals surface area contributed by atoms with Crippen LogP contribution in [-0.4, -0.2) is 36.6 Å². The van der Waals surface area contributed by atoms with Crippen LogP contribution in [0, 0.1) is 0 Å². The predicted molar refractivity (Wildman–Crippen MR) is 64.2 cm³/mol. The number of nitrogens with two attached hydrogens (primary N) is 1. The van der Waals surface area contributed by atoms with Gasteiger partial charge in [0.25, 0.3) is 11.1 Å². The lowest BCUT2D eigenvalue weighted by Crippen LogP contribution is -2.27. The number of nitrogens with zero attached hydrogens (tertiary/aromatic N) is 3. The van der Waals surface area contributed by atoms with Crippen molar-refractivity contribution in [3.63, 3.8) is 0 Å². The van der Waals surface area contributed by atoms with E-state index < -0.39 is 28.3 Å². The summed E-state index contributed by atoms with van der Waals surface area (Å²) in [5, 5.41) is 11.4. The Morgan fingerprint density at radius 3 is 2.53 bits per heavy atom. The van der Waals surface area contributed by atoms with E-state index in [0.717, 1.165) is 6.92 Å². The first kappa shape index (κ1) is 12.4. The molecule has 0 aliphatic carbocycles. The van der Waals surface area contributed by atoms with Crippen molar-refractivity contribution < 1.29 is 10.0 Å². The number of anilines is 1. The first-order valence-corrected chi connectivity index (χ1v) is 4.97. The summed E-state index contributed by atoms with van der Waals surface area (Å²) in [6, 6.07) is 0. The SMILES string of the molecule is CC(=O)/C(=N/O)c1nc2c(=O)[nH]c(N)nc2[nH]c1=O. The third kappa shape index (κ3) is 2.06. The summed E-state index contributed by atoms with van der Waals surface area (Å²) in [5.41, 5.74) is 2.41. The minimum atomic E-state index is -0.826. The molecular formula is C9H8N6O4. The van der Waals surface area contributed by atoms with E-state index in [1.54, 1.807) is 0 Å². The molecule has 10 nitrogen and oxygen atoms in total. The smallest absolute Gasteiger partial charge is 0.280 e. The molecule has 0 unspecified atom stereocenters. The molecule has 0 radical (unpaired) electrons. The van der Waals surface area contributed by atoms with Crippen LogP contribution in [0.15, 0.2) is 14.7 Å². The highest BCUT2D eigenvalue weighted by Gasteiger charge is 2.18. The van der Waals surface area contributed by atoms with Crippen molar-refractivity contribution in [2.45, 2.75) is 6.92 Å². The Kier molecular flexibility index (Phi) is 2.83. The normalized spacial score (nSPS) is 11.7. The van der Waals surface area contributed by atoms with E-state index in [2.05, 4.69) is 25.1 Å². The van der Waals surface area contributed by atoms with Gasteiger partial charge in [-0.1, -0.05) is 5.16 Å². The molecule has 0 aliphatic heterocycles. The van der Waals surface area contributed by atoms with E-state index in [4.69, 9.17) is 10.9 Å². The molecule has 0 fully saturated rings. The van der Waals surface area contributed by atoms with Gasteiger partial charge in [0.15, 0.2) is 28.4 Å². The van der Waals surface area contributed by atoms with Crippen LogP contribution < -0.4 is 16.9 Å². The maximum absolute atomic E-state index is 11.7. The quantitative estimate of drug-likeness (QED) is 0.286. The number of carbonyl (C=O) groups is 1. The van der Waals surface area contributed by atoms with Crippen molar-refractivity contribution in [3.8, 4) is 0 Å². The van der Waals surface area contributed by atoms with Crippen molar-refractivity contribution in [1.29, 1.82) is 0 Å². The molecule has 0 bridgehead atoms. The second-order valence-electron chi connectivity index (χ2n) is 3.57. The van der Waals surface area contributed by atoms with Crippen LogP contribution in [0.5, 0.6) is 0 Å². The van der Waals surface area contributed by atoms with Crippen molar-refractivity contribution in [2.75, 3.05) is 5.73 Å². The molecule has 0 saturated carbocycles. The third-order valence-corrected chi connectivity index (χ3v) is 2.24. The van der Waals surface area contributed by atoms with Gasteiger partial charge in [-0.25, -0.2) is 4.98 Å². The second-order valence-corrected chi connectivity index (χ2v) is 3.57. The monoisotopic (exact) mass is 264 g/mol. The molecule has 19 heavy (non-hydrogen) atoms. The fourth-order valence-electron chi connectivity index (χ4n) is 1.45. The van der Waals surface area contributed by atoms with Gasteiger partial charge >= 0.3 is 0 Å². The number of hydrogen-bond acceptors (Lipinski definition) is 8. The van der Waals surface area contributed by atoms with Crippen LogP contribution in [0.25, 0.3) is 11.2 Å². The summed E-state index contributed by atoms with van der Waals surface area (Å²) in [4.78, 5) is 46.3. The number of hydrogen-bond donors (Lipinski definition) is 4. The number of carbonyl (C=O) groups excluding carboxylic acids is 1. The average Bonchev–Trinajstić information content (AvgIpc) is 2.30. The topological polar surface area (TPSA) is 167 Å². The number of aromatic nitrogens is 4. The van der Waals surface area contributed by atoms with Crippen molar-refractivity contribution >= 4 is 28.6 Å². The molecule has 0 atom stereocenters. The van der Waals surface area contributed by atoms with Crippen LogP contribution >= 0.6 is 0 Å². The van der Waals surface area contributed by atoms with Gasteiger partial charge < -0.3 is 15.9 Å². The van der Waals surface area contributed by atoms with E-state index in [1.807, 2.05) is 0 Å². The predicted octanol–water partition coefficient (Wildman–Crippen LogP) is -1.64. The van der Waals surface area contributed by atoms with E-state index in [9.17, 15) is 14.4 Å². The summed E-state index contributed by atoms with van der Waals surface area (Å²) in [6.07, 6.45) is 0. The van der Waals surface area contributed by atoms with Crippen LogP contribution in [-0.2, 0) is 4.79 Å². The highest BCUT2D eigenvalue weighted by molar-refractivity contribution is 6.44. The molecule has 0 aromatic carbocycles. The van der Waals surface area contributed by atoms with Crippen LogP contribution in [0.3, 0.4) is 0 Å². The third-order valence-electron chi connectivity index (χ3n) is 2.24. The Labute approximate surface area is 104 Å². The summed E-state index contributed by atoms with van der Waals surface area (Å²) < 4.78 is 0. The number of nitrogen functional groups attached to an aromatic ring is 1. The summed E-state index contributed by atoms with van der Waals surface area (Å²) in [7, 11) is 0. The Morgan fingerprint density at radius 1 is 1.26 bits per heavy atom. The van der Waals surface area contributed by atoms with E-state index in [1.165, 1.54) is 0 Å². The number of ketones is 1. The van der Waals surface area contributed by atoms with Crippen molar-refractivity contribution in [2.24, 2.45) is 5.16 Å². The zero-order valence-corrected chi connectivity index (χ0v) is 9.59. The molecular weight excluding hydrogens is 256 g/mol. The fraction of sp³-hybridized carbons (Fsp3) is 0.111. The number of H-pyrrole nitrogens is 2. The largest absolute Gasteiger partial charge is 0.410 e. The standard InChI is InChI=1S/C9H8N6O4/c1-2(16)3(15-19)4-7(17)12-6-5(11-4)8(18)14-9(10)13-6/h19H,1H3,(H4,10,12,13,14,17,18)/b15-3-. The highest BCUT2D eigenvalue weighted by atomic mass is 16.4. The Morgan fingerprint density at radius 2 is 1.95 bits per heavy atom. The lowest BCUT2D eigenvalue weighted by atomic mass is 10.2. The lowest BCUT2D eigenvalue weighted by Gasteiger charge is -2.01. The van der Waals surface area contributed by atoms with Crippen LogP contribution in [0.1, 0.15) is 12.6 Å². The first-order valence-electron chi connectivity index (χ1n) is 4.97. The number of rotatable bonds is 2. The van der Waals surface area contributed by atoms with Gasteiger partial charge in [0, 0.05) is 6.92 Å². The van der Waals surface area contributed by atoms with Gasteiger partial charge in [-0.2, -0.15) is 4.98 Å². The van der Waals surface area contributed by atoms with Gasteiger partial charge in [0.05, 0.1) is 0 Å².